The van der Waals surface area contributed by atoms with Crippen LogP contribution in [0.25, 0.3) is 0 Å². The third kappa shape index (κ3) is 3.13. The summed E-state index contributed by atoms with van der Waals surface area (Å²) < 4.78 is 0. The van der Waals surface area contributed by atoms with E-state index < -0.39 is 0 Å². The second kappa shape index (κ2) is 4.67. The zero-order valence-electron chi connectivity index (χ0n) is 9.93. The Bertz CT molecular complexity index is 466. The second-order valence-electron chi connectivity index (χ2n) is 3.74. The highest BCUT2D eigenvalue weighted by molar-refractivity contribution is 7.99. The zero-order valence-corrected chi connectivity index (χ0v) is 10.7. The minimum absolute atomic E-state index is 0.275. The van der Waals surface area contributed by atoms with Gasteiger partial charge < -0.3 is 5.73 Å². The van der Waals surface area contributed by atoms with Gasteiger partial charge >= 0.3 is 0 Å². The molecule has 0 aromatic carbocycles. The summed E-state index contributed by atoms with van der Waals surface area (Å²) in [7, 11) is 0. The van der Waals surface area contributed by atoms with Gasteiger partial charge in [-0.1, -0.05) is 0 Å². The molecule has 0 aliphatic carbocycles. The Kier molecular flexibility index (Phi) is 3.23. The van der Waals surface area contributed by atoms with Gasteiger partial charge in [-0.05, 0) is 44.7 Å². The monoisotopic (exact) mass is 247 g/mol. The largest absolute Gasteiger partial charge is 0.368 e. The van der Waals surface area contributed by atoms with Crippen LogP contribution in [0.4, 0.5) is 5.95 Å². The Hall–Kier alpha value is -1.69. The van der Waals surface area contributed by atoms with Crippen molar-refractivity contribution < 1.29 is 0 Å². The Morgan fingerprint density at radius 3 is 2.06 bits per heavy atom. The molecule has 6 heteroatoms. The Morgan fingerprint density at radius 1 is 0.882 bits per heavy atom. The van der Waals surface area contributed by atoms with E-state index in [-0.39, 0.29) is 5.95 Å². The fourth-order valence-electron chi connectivity index (χ4n) is 1.45. The van der Waals surface area contributed by atoms with Crippen molar-refractivity contribution in [1.82, 2.24) is 19.9 Å². The molecule has 0 bridgehead atoms. The molecule has 2 aromatic heterocycles. The molecule has 5 nitrogen and oxygen atoms in total. The second-order valence-corrected chi connectivity index (χ2v) is 4.73. The lowest BCUT2D eigenvalue weighted by atomic mass is 10.4. The van der Waals surface area contributed by atoms with Crippen LogP contribution in [0.1, 0.15) is 17.1 Å². The van der Waals surface area contributed by atoms with Crippen molar-refractivity contribution in [2.75, 3.05) is 5.73 Å². The number of nitrogens with two attached hydrogens (primary N) is 1. The fraction of sp³-hybridized carbons (Fsp3) is 0.273. The van der Waals surface area contributed by atoms with Gasteiger partial charge in [0.2, 0.25) is 5.95 Å². The maximum absolute atomic E-state index is 5.60. The SMILES string of the molecule is Cc1cc(Sc2nc(C)cc(C)n2)nc(N)n1. The maximum atomic E-state index is 5.60. The van der Waals surface area contributed by atoms with Crippen molar-refractivity contribution in [2.45, 2.75) is 31.0 Å². The summed E-state index contributed by atoms with van der Waals surface area (Å²) in [5.41, 5.74) is 8.32. The first kappa shape index (κ1) is 11.8. The fourth-order valence-corrected chi connectivity index (χ4v) is 2.38. The van der Waals surface area contributed by atoms with Gasteiger partial charge in [-0.2, -0.15) is 0 Å². The predicted molar refractivity (Wildman–Crippen MR) is 66.8 cm³/mol. The van der Waals surface area contributed by atoms with E-state index in [1.54, 1.807) is 0 Å². The number of rotatable bonds is 2. The van der Waals surface area contributed by atoms with Crippen molar-refractivity contribution in [1.29, 1.82) is 0 Å². The van der Waals surface area contributed by atoms with E-state index in [1.807, 2.05) is 32.9 Å². The molecule has 0 amide bonds. The van der Waals surface area contributed by atoms with Gasteiger partial charge in [-0.25, -0.2) is 19.9 Å². The van der Waals surface area contributed by atoms with Crippen LogP contribution in [0.2, 0.25) is 0 Å². The molecule has 0 saturated carbocycles. The van der Waals surface area contributed by atoms with Crippen LogP contribution in [0, 0.1) is 20.8 Å². The van der Waals surface area contributed by atoms with E-state index in [0.29, 0.717) is 5.16 Å². The molecule has 0 atom stereocenters. The summed E-state index contributed by atoms with van der Waals surface area (Å²) in [6.45, 7) is 5.76. The summed E-state index contributed by atoms with van der Waals surface area (Å²) in [5, 5.41) is 1.44. The maximum Gasteiger partial charge on any atom is 0.221 e. The zero-order chi connectivity index (χ0) is 12.4. The molecule has 2 aromatic rings. The minimum atomic E-state index is 0.275. The van der Waals surface area contributed by atoms with Gasteiger partial charge in [-0.15, -0.1) is 0 Å². The molecular weight excluding hydrogens is 234 g/mol. The number of nitrogens with zero attached hydrogens (tertiary/aromatic N) is 4. The van der Waals surface area contributed by atoms with Gasteiger partial charge in [0, 0.05) is 17.1 Å². The van der Waals surface area contributed by atoms with Gasteiger partial charge in [0.05, 0.1) is 0 Å². The Labute approximate surface area is 104 Å². The Balaban J connectivity index is 2.31. The standard InChI is InChI=1S/C11H13N5S/c1-6-4-7(2)15-11(14-6)17-9-5-8(3)13-10(12)16-9/h4-5H,1-3H3,(H2,12,13,16). The van der Waals surface area contributed by atoms with Crippen molar-refractivity contribution in [3.8, 4) is 0 Å². The van der Waals surface area contributed by atoms with E-state index in [0.717, 1.165) is 22.1 Å². The number of aryl methyl sites for hydroxylation is 3. The highest BCUT2D eigenvalue weighted by Gasteiger charge is 2.05. The lowest BCUT2D eigenvalue weighted by Gasteiger charge is -2.03. The lowest BCUT2D eigenvalue weighted by molar-refractivity contribution is 0.897. The normalized spacial score (nSPS) is 10.5. The predicted octanol–water partition coefficient (Wildman–Crippen LogP) is 1.93. The molecule has 2 rings (SSSR count). The van der Waals surface area contributed by atoms with Crippen molar-refractivity contribution in [3.05, 3.63) is 29.2 Å². The smallest absolute Gasteiger partial charge is 0.221 e. The molecule has 0 spiro atoms. The molecular formula is C11H13N5S. The summed E-state index contributed by atoms with van der Waals surface area (Å²) in [6, 6.07) is 3.80. The first-order valence-corrected chi connectivity index (χ1v) is 5.96. The number of hydrogen-bond acceptors (Lipinski definition) is 6. The average Bonchev–Trinajstić information content (AvgIpc) is 2.13. The quantitative estimate of drug-likeness (QED) is 0.645. The number of anilines is 1. The van der Waals surface area contributed by atoms with Gasteiger partial charge in [0.1, 0.15) is 5.03 Å². The van der Waals surface area contributed by atoms with Crippen molar-refractivity contribution in [3.63, 3.8) is 0 Å². The van der Waals surface area contributed by atoms with E-state index in [1.165, 1.54) is 11.8 Å². The molecule has 0 aliphatic rings. The van der Waals surface area contributed by atoms with E-state index in [9.17, 15) is 0 Å². The van der Waals surface area contributed by atoms with Crippen LogP contribution in [0.15, 0.2) is 22.3 Å². The molecule has 0 unspecified atom stereocenters. The van der Waals surface area contributed by atoms with E-state index >= 15 is 0 Å². The van der Waals surface area contributed by atoms with Gasteiger partial charge in [0.25, 0.3) is 0 Å². The van der Waals surface area contributed by atoms with Crippen molar-refractivity contribution in [2.24, 2.45) is 0 Å². The topological polar surface area (TPSA) is 77.6 Å². The molecule has 88 valence electrons. The first-order valence-electron chi connectivity index (χ1n) is 5.14. The molecule has 0 fully saturated rings. The molecule has 17 heavy (non-hydrogen) atoms. The van der Waals surface area contributed by atoms with E-state index in [2.05, 4.69) is 19.9 Å². The molecule has 2 heterocycles. The highest BCUT2D eigenvalue weighted by Crippen LogP contribution is 2.23. The summed E-state index contributed by atoms with van der Waals surface area (Å²) >= 11 is 1.39. The minimum Gasteiger partial charge on any atom is -0.368 e. The first-order chi connectivity index (χ1) is 8.02. The summed E-state index contributed by atoms with van der Waals surface area (Å²) in [6.07, 6.45) is 0. The Morgan fingerprint density at radius 2 is 1.47 bits per heavy atom. The van der Waals surface area contributed by atoms with Gasteiger partial charge in [-0.3, -0.25) is 0 Å². The molecule has 0 radical (unpaired) electrons. The average molecular weight is 247 g/mol. The third-order valence-electron chi connectivity index (χ3n) is 2.01. The van der Waals surface area contributed by atoms with Crippen LogP contribution < -0.4 is 5.73 Å². The van der Waals surface area contributed by atoms with Crippen LogP contribution in [-0.2, 0) is 0 Å². The molecule has 0 aliphatic heterocycles. The van der Waals surface area contributed by atoms with Crippen LogP contribution in [0.5, 0.6) is 0 Å². The molecule has 2 N–H and O–H groups in total. The number of hydrogen-bond donors (Lipinski definition) is 1. The summed E-state index contributed by atoms with van der Waals surface area (Å²) in [4.78, 5) is 16.8. The van der Waals surface area contributed by atoms with Crippen LogP contribution >= 0.6 is 11.8 Å². The summed E-state index contributed by atoms with van der Waals surface area (Å²) in [5.74, 6) is 0.275. The third-order valence-corrected chi connectivity index (χ3v) is 2.79. The number of nitrogen functional groups attached to an aromatic ring is 1. The van der Waals surface area contributed by atoms with Crippen LogP contribution in [0.3, 0.4) is 0 Å². The highest BCUT2D eigenvalue weighted by atomic mass is 32.2. The van der Waals surface area contributed by atoms with Crippen LogP contribution in [-0.4, -0.2) is 19.9 Å². The lowest BCUT2D eigenvalue weighted by Crippen LogP contribution is -1.98. The molecule has 0 saturated heterocycles. The van der Waals surface area contributed by atoms with E-state index in [4.69, 9.17) is 5.73 Å². The number of aromatic nitrogens is 4. The van der Waals surface area contributed by atoms with Crippen molar-refractivity contribution >= 4 is 17.7 Å². The van der Waals surface area contributed by atoms with Gasteiger partial charge in [0.15, 0.2) is 5.16 Å².